The molecule has 5 heteroatoms. The molecule has 1 aromatic carbocycles. The fourth-order valence-electron chi connectivity index (χ4n) is 2.12. The van der Waals surface area contributed by atoms with Crippen LogP contribution in [-0.4, -0.2) is 16.7 Å². The van der Waals surface area contributed by atoms with Gasteiger partial charge in [0, 0.05) is 19.4 Å². The van der Waals surface area contributed by atoms with Crippen LogP contribution in [0.1, 0.15) is 25.2 Å². The molecule has 0 saturated carbocycles. The Morgan fingerprint density at radius 2 is 2.10 bits per heavy atom. The Morgan fingerprint density at radius 1 is 1.35 bits per heavy atom. The third-order valence-corrected chi connectivity index (χ3v) is 3.04. The summed E-state index contributed by atoms with van der Waals surface area (Å²) in [5.41, 5.74) is -0.245. The quantitative estimate of drug-likeness (QED) is 0.857. The number of ether oxygens (including phenoxy) is 2. The van der Waals surface area contributed by atoms with Crippen molar-refractivity contribution < 1.29 is 9.47 Å². The van der Waals surface area contributed by atoms with E-state index in [1.807, 2.05) is 31.7 Å². The van der Waals surface area contributed by atoms with Gasteiger partial charge in [0.25, 0.3) is 0 Å². The maximum atomic E-state index is 9.21. The summed E-state index contributed by atoms with van der Waals surface area (Å²) in [5.74, 6) is 1.74. The topological polar surface area (TPSA) is 60.1 Å². The molecule has 104 valence electrons. The van der Waals surface area contributed by atoms with E-state index in [1.165, 1.54) is 0 Å². The molecule has 2 rings (SSSR count). The first-order valence-corrected chi connectivity index (χ1v) is 6.23. The van der Waals surface area contributed by atoms with Gasteiger partial charge in [0.1, 0.15) is 6.07 Å². The molecule has 0 aliphatic rings. The van der Waals surface area contributed by atoms with E-state index in [1.54, 1.807) is 31.5 Å². The van der Waals surface area contributed by atoms with E-state index >= 15 is 0 Å². The van der Waals surface area contributed by atoms with Crippen molar-refractivity contribution >= 4 is 0 Å². The number of imidazole rings is 1. The molecule has 0 saturated heterocycles. The van der Waals surface area contributed by atoms with Crippen molar-refractivity contribution in [3.63, 3.8) is 0 Å². The first kappa shape index (κ1) is 13.9. The lowest BCUT2D eigenvalue weighted by molar-refractivity contribution is 0.0907. The highest BCUT2D eigenvalue weighted by atomic mass is 16.5. The summed E-state index contributed by atoms with van der Waals surface area (Å²) in [7, 11) is 3.46. The van der Waals surface area contributed by atoms with Gasteiger partial charge in [-0.3, -0.25) is 0 Å². The highest BCUT2D eigenvalue weighted by Crippen LogP contribution is 2.36. The second-order valence-corrected chi connectivity index (χ2v) is 4.92. The molecule has 1 aromatic heterocycles. The number of benzene rings is 1. The molecule has 0 atom stereocenters. The van der Waals surface area contributed by atoms with Crippen LogP contribution in [0.5, 0.6) is 11.5 Å². The van der Waals surface area contributed by atoms with Gasteiger partial charge < -0.3 is 14.0 Å². The second kappa shape index (κ2) is 5.25. The van der Waals surface area contributed by atoms with Crippen LogP contribution < -0.4 is 9.47 Å². The predicted octanol–water partition coefficient (Wildman–Crippen LogP) is 2.61. The maximum Gasteiger partial charge on any atom is 0.180 e. The highest BCUT2D eigenvalue weighted by molar-refractivity contribution is 5.52. The van der Waals surface area contributed by atoms with Crippen molar-refractivity contribution in [2.75, 3.05) is 7.11 Å². The van der Waals surface area contributed by atoms with Crippen LogP contribution in [0.3, 0.4) is 0 Å². The minimum atomic E-state index is -0.682. The van der Waals surface area contributed by atoms with Gasteiger partial charge in [-0.2, -0.15) is 5.26 Å². The molecule has 5 nitrogen and oxygen atoms in total. The van der Waals surface area contributed by atoms with Gasteiger partial charge >= 0.3 is 0 Å². The van der Waals surface area contributed by atoms with Gasteiger partial charge in [-0.15, -0.1) is 0 Å². The number of nitriles is 1. The SMILES string of the molecule is COc1cccc(C#N)c1OC(C)(C)c1nccn1C. The molecule has 0 aliphatic carbocycles. The van der Waals surface area contributed by atoms with Gasteiger partial charge in [0.2, 0.25) is 0 Å². The van der Waals surface area contributed by atoms with Crippen LogP contribution in [0.15, 0.2) is 30.6 Å². The standard InChI is InChI=1S/C15H17N3O2/c1-15(2,14-17-8-9-18(14)3)20-13-11(10-16)6-5-7-12(13)19-4/h5-9H,1-4H3. The van der Waals surface area contributed by atoms with Crippen molar-refractivity contribution in [2.45, 2.75) is 19.4 Å². The van der Waals surface area contributed by atoms with Gasteiger partial charge in [0.15, 0.2) is 22.9 Å². The van der Waals surface area contributed by atoms with Crippen LogP contribution in [-0.2, 0) is 12.6 Å². The minimum Gasteiger partial charge on any atom is -0.493 e. The average Bonchev–Trinajstić information content (AvgIpc) is 2.85. The molecule has 0 spiro atoms. The van der Waals surface area contributed by atoms with E-state index in [9.17, 15) is 5.26 Å². The highest BCUT2D eigenvalue weighted by Gasteiger charge is 2.29. The molecule has 0 unspecified atom stereocenters. The molecule has 20 heavy (non-hydrogen) atoms. The first-order chi connectivity index (χ1) is 9.49. The third-order valence-electron chi connectivity index (χ3n) is 3.04. The zero-order valence-corrected chi connectivity index (χ0v) is 12.0. The summed E-state index contributed by atoms with van der Waals surface area (Å²) in [4.78, 5) is 4.31. The molecular weight excluding hydrogens is 254 g/mol. The molecule has 0 bridgehead atoms. The van der Waals surface area contributed by atoms with E-state index < -0.39 is 5.60 Å². The summed E-state index contributed by atoms with van der Waals surface area (Å²) in [6.45, 7) is 3.81. The van der Waals surface area contributed by atoms with E-state index in [4.69, 9.17) is 9.47 Å². The van der Waals surface area contributed by atoms with E-state index in [2.05, 4.69) is 11.1 Å². The number of hydrogen-bond donors (Lipinski definition) is 0. The summed E-state index contributed by atoms with van der Waals surface area (Å²) < 4.78 is 13.2. The molecule has 0 amide bonds. The number of para-hydroxylation sites is 1. The number of nitrogens with zero attached hydrogens (tertiary/aromatic N) is 3. The lowest BCUT2D eigenvalue weighted by Gasteiger charge is -2.27. The Bertz CT molecular complexity index is 653. The van der Waals surface area contributed by atoms with Crippen molar-refractivity contribution in [3.8, 4) is 17.6 Å². The van der Waals surface area contributed by atoms with Crippen molar-refractivity contribution in [3.05, 3.63) is 42.0 Å². The largest absolute Gasteiger partial charge is 0.493 e. The Labute approximate surface area is 118 Å². The Hall–Kier alpha value is -2.48. The molecule has 0 radical (unpaired) electrons. The van der Waals surface area contributed by atoms with E-state index in [-0.39, 0.29) is 0 Å². The van der Waals surface area contributed by atoms with Crippen LogP contribution in [0, 0.1) is 11.3 Å². The zero-order valence-electron chi connectivity index (χ0n) is 12.0. The van der Waals surface area contributed by atoms with Crippen LogP contribution >= 0.6 is 0 Å². The van der Waals surface area contributed by atoms with E-state index in [0.29, 0.717) is 17.1 Å². The van der Waals surface area contributed by atoms with Gasteiger partial charge in [0.05, 0.1) is 12.7 Å². The molecule has 0 fully saturated rings. The Balaban J connectivity index is 2.44. The van der Waals surface area contributed by atoms with Crippen molar-refractivity contribution in [1.82, 2.24) is 9.55 Å². The monoisotopic (exact) mass is 271 g/mol. The van der Waals surface area contributed by atoms with Crippen molar-refractivity contribution in [1.29, 1.82) is 5.26 Å². The lowest BCUT2D eigenvalue weighted by Crippen LogP contribution is -2.29. The van der Waals surface area contributed by atoms with E-state index in [0.717, 1.165) is 5.82 Å². The Morgan fingerprint density at radius 3 is 2.65 bits per heavy atom. The lowest BCUT2D eigenvalue weighted by atomic mass is 10.1. The predicted molar refractivity (Wildman–Crippen MR) is 74.6 cm³/mol. The molecule has 0 aliphatic heterocycles. The second-order valence-electron chi connectivity index (χ2n) is 4.92. The fraction of sp³-hybridized carbons (Fsp3) is 0.333. The number of aryl methyl sites for hydroxylation is 1. The average molecular weight is 271 g/mol. The molecular formula is C15H17N3O2. The molecule has 1 heterocycles. The smallest absolute Gasteiger partial charge is 0.180 e. The summed E-state index contributed by atoms with van der Waals surface area (Å²) in [6.07, 6.45) is 3.57. The normalized spacial score (nSPS) is 10.9. The molecule has 0 N–H and O–H groups in total. The summed E-state index contributed by atoms with van der Waals surface area (Å²) >= 11 is 0. The zero-order chi connectivity index (χ0) is 14.8. The van der Waals surface area contributed by atoms with Crippen molar-refractivity contribution in [2.24, 2.45) is 7.05 Å². The number of hydrogen-bond acceptors (Lipinski definition) is 4. The van der Waals surface area contributed by atoms with Gasteiger partial charge in [-0.05, 0) is 26.0 Å². The van der Waals surface area contributed by atoms with Gasteiger partial charge in [-0.25, -0.2) is 4.98 Å². The van der Waals surface area contributed by atoms with Gasteiger partial charge in [-0.1, -0.05) is 6.07 Å². The molecule has 2 aromatic rings. The van der Waals surface area contributed by atoms with Crippen LogP contribution in [0.4, 0.5) is 0 Å². The summed E-state index contributed by atoms with van der Waals surface area (Å²) in [5, 5.41) is 9.21. The summed E-state index contributed by atoms with van der Waals surface area (Å²) in [6, 6.07) is 7.35. The first-order valence-electron chi connectivity index (χ1n) is 6.23. The fourth-order valence-corrected chi connectivity index (χ4v) is 2.12. The van der Waals surface area contributed by atoms with Crippen LogP contribution in [0.2, 0.25) is 0 Å². The van der Waals surface area contributed by atoms with Crippen LogP contribution in [0.25, 0.3) is 0 Å². The minimum absolute atomic E-state index is 0.436. The number of methoxy groups -OCH3 is 1. The Kier molecular flexibility index (Phi) is 3.66. The number of aromatic nitrogens is 2. The maximum absolute atomic E-state index is 9.21. The third kappa shape index (κ3) is 2.45. The number of rotatable bonds is 4.